The van der Waals surface area contributed by atoms with E-state index in [1.807, 2.05) is 13.0 Å². The van der Waals surface area contributed by atoms with Crippen molar-refractivity contribution in [3.63, 3.8) is 0 Å². The third kappa shape index (κ3) is 3.31. The maximum absolute atomic E-state index is 4.39. The van der Waals surface area contributed by atoms with Gasteiger partial charge in [-0.2, -0.15) is 20.1 Å². The molecule has 0 atom stereocenters. The molecule has 0 amide bonds. The van der Waals surface area contributed by atoms with Gasteiger partial charge in [0, 0.05) is 25.1 Å². The van der Waals surface area contributed by atoms with Crippen LogP contribution in [0.5, 0.6) is 0 Å². The molecule has 0 fully saturated rings. The first kappa shape index (κ1) is 13.4. The molecule has 0 aromatic carbocycles. The van der Waals surface area contributed by atoms with E-state index in [1.165, 1.54) is 18.1 Å². The van der Waals surface area contributed by atoms with Crippen LogP contribution in [0.2, 0.25) is 0 Å². The van der Waals surface area contributed by atoms with Crippen LogP contribution in [-0.2, 0) is 0 Å². The van der Waals surface area contributed by atoms with Gasteiger partial charge >= 0.3 is 0 Å². The van der Waals surface area contributed by atoms with E-state index in [9.17, 15) is 0 Å². The summed E-state index contributed by atoms with van der Waals surface area (Å²) in [4.78, 5) is 21.1. The van der Waals surface area contributed by atoms with E-state index < -0.39 is 0 Å². The fraction of sp³-hybridized carbons (Fsp3) is 0.167. The van der Waals surface area contributed by atoms with Crippen molar-refractivity contribution < 1.29 is 0 Å². The Morgan fingerprint density at radius 1 is 1.24 bits per heavy atom. The number of nitrogens with zero attached hydrogens (tertiary/aromatic N) is 7. The lowest BCUT2D eigenvalue weighted by molar-refractivity contribution is 0.759. The first-order chi connectivity index (χ1) is 10.3. The van der Waals surface area contributed by atoms with Crippen molar-refractivity contribution in [3.05, 3.63) is 37.1 Å². The van der Waals surface area contributed by atoms with E-state index in [4.69, 9.17) is 0 Å². The number of aromatic nitrogens is 7. The van der Waals surface area contributed by atoms with E-state index in [-0.39, 0.29) is 0 Å². The van der Waals surface area contributed by atoms with Crippen LogP contribution in [0.4, 0.5) is 5.95 Å². The number of nitrogens with one attached hydrogen (secondary N) is 1. The zero-order valence-electron chi connectivity index (χ0n) is 11.2. The van der Waals surface area contributed by atoms with Crippen molar-refractivity contribution in [3.8, 4) is 5.95 Å². The van der Waals surface area contributed by atoms with Crippen LogP contribution >= 0.6 is 11.8 Å². The zero-order chi connectivity index (χ0) is 14.5. The van der Waals surface area contributed by atoms with E-state index in [1.54, 1.807) is 29.3 Å². The van der Waals surface area contributed by atoms with Gasteiger partial charge in [0.05, 0.1) is 0 Å². The quantitative estimate of drug-likeness (QED) is 0.707. The summed E-state index contributed by atoms with van der Waals surface area (Å²) in [5, 5.41) is 8.54. The molecule has 8 nitrogen and oxygen atoms in total. The Balaban J connectivity index is 1.95. The molecule has 0 aliphatic carbocycles. The molecule has 0 spiro atoms. The summed E-state index contributed by atoms with van der Waals surface area (Å²) >= 11 is 1.34. The van der Waals surface area contributed by atoms with E-state index in [2.05, 4.69) is 35.3 Å². The maximum atomic E-state index is 4.39. The molecule has 21 heavy (non-hydrogen) atoms. The molecule has 3 aromatic rings. The molecule has 3 heterocycles. The molecule has 0 unspecified atom stereocenters. The highest BCUT2D eigenvalue weighted by Gasteiger charge is 2.10. The Morgan fingerprint density at radius 2 is 2.19 bits per heavy atom. The van der Waals surface area contributed by atoms with Crippen molar-refractivity contribution in [1.29, 1.82) is 0 Å². The second-order valence-electron chi connectivity index (χ2n) is 3.87. The predicted molar refractivity (Wildman–Crippen MR) is 77.3 cm³/mol. The third-order valence-electron chi connectivity index (χ3n) is 2.40. The minimum absolute atomic E-state index is 0.461. The smallest absolute Gasteiger partial charge is 0.256 e. The first-order valence-corrected chi connectivity index (χ1v) is 7.10. The maximum Gasteiger partial charge on any atom is 0.256 e. The molecule has 0 radical (unpaired) electrons. The number of rotatable bonds is 5. The predicted octanol–water partition coefficient (Wildman–Crippen LogP) is 1.43. The molecule has 0 aliphatic rings. The first-order valence-electron chi connectivity index (χ1n) is 6.29. The summed E-state index contributed by atoms with van der Waals surface area (Å²) < 4.78 is 1.59. The molecule has 3 rings (SSSR count). The average Bonchev–Trinajstić information content (AvgIpc) is 3.03. The highest BCUT2D eigenvalue weighted by molar-refractivity contribution is 7.99. The molecule has 0 aliphatic heterocycles. The fourth-order valence-electron chi connectivity index (χ4n) is 1.55. The second-order valence-corrected chi connectivity index (χ2v) is 4.86. The monoisotopic (exact) mass is 300 g/mol. The van der Waals surface area contributed by atoms with Crippen LogP contribution < -0.4 is 5.32 Å². The van der Waals surface area contributed by atoms with Gasteiger partial charge in [-0.1, -0.05) is 0 Å². The summed E-state index contributed by atoms with van der Waals surface area (Å²) in [5.74, 6) is 0.970. The molecule has 0 saturated carbocycles. The van der Waals surface area contributed by atoms with Gasteiger partial charge in [-0.25, -0.2) is 14.6 Å². The summed E-state index contributed by atoms with van der Waals surface area (Å²) in [6.07, 6.45) is 6.62. The minimum Gasteiger partial charge on any atom is -0.354 e. The van der Waals surface area contributed by atoms with Gasteiger partial charge in [0.2, 0.25) is 11.1 Å². The lowest BCUT2D eigenvalue weighted by atomic mass is 10.7. The highest BCUT2D eigenvalue weighted by Crippen LogP contribution is 2.23. The van der Waals surface area contributed by atoms with Crippen LogP contribution in [0, 0.1) is 0 Å². The molecule has 1 N–H and O–H groups in total. The van der Waals surface area contributed by atoms with Crippen molar-refractivity contribution in [2.24, 2.45) is 0 Å². The molecular formula is C12H12N8S. The van der Waals surface area contributed by atoms with Crippen molar-refractivity contribution in [2.75, 3.05) is 11.9 Å². The van der Waals surface area contributed by atoms with Crippen LogP contribution in [0.1, 0.15) is 6.92 Å². The Labute approximate surface area is 125 Å². The summed E-state index contributed by atoms with van der Waals surface area (Å²) in [7, 11) is 0. The van der Waals surface area contributed by atoms with E-state index in [0.717, 1.165) is 11.6 Å². The number of hydrogen-bond acceptors (Lipinski definition) is 8. The van der Waals surface area contributed by atoms with Crippen LogP contribution in [0.25, 0.3) is 5.95 Å². The van der Waals surface area contributed by atoms with Gasteiger partial charge < -0.3 is 5.32 Å². The van der Waals surface area contributed by atoms with Gasteiger partial charge in [-0.3, -0.25) is 0 Å². The topological polar surface area (TPSA) is 94.3 Å². The van der Waals surface area contributed by atoms with Crippen molar-refractivity contribution in [1.82, 2.24) is 34.7 Å². The highest BCUT2D eigenvalue weighted by atomic mass is 32.2. The number of hydrogen-bond donors (Lipinski definition) is 1. The van der Waals surface area contributed by atoms with Crippen LogP contribution in [0.3, 0.4) is 0 Å². The molecule has 3 aromatic heterocycles. The lowest BCUT2D eigenvalue weighted by Crippen LogP contribution is -2.09. The minimum atomic E-state index is 0.461. The average molecular weight is 300 g/mol. The standard InChI is InChI=1S/C12H12N8S/c1-2-14-10-17-11(20-7-3-5-16-20)19-12(18-10)21-9-4-6-13-8-15-9/h3-8H,2H2,1H3,(H,14,17,18,19). The fourth-order valence-corrected chi connectivity index (χ4v) is 2.23. The van der Waals surface area contributed by atoms with Gasteiger partial charge in [0.25, 0.3) is 5.95 Å². The number of anilines is 1. The Hall–Kier alpha value is -2.55. The normalized spacial score (nSPS) is 10.5. The summed E-state index contributed by atoms with van der Waals surface area (Å²) in [5.41, 5.74) is 0. The molecular weight excluding hydrogens is 288 g/mol. The Kier molecular flexibility index (Phi) is 4.01. The summed E-state index contributed by atoms with van der Waals surface area (Å²) in [6.45, 7) is 2.70. The van der Waals surface area contributed by atoms with Gasteiger partial charge in [-0.05, 0) is 30.8 Å². The van der Waals surface area contributed by atoms with Gasteiger partial charge in [0.15, 0.2) is 0 Å². The zero-order valence-corrected chi connectivity index (χ0v) is 12.0. The van der Waals surface area contributed by atoms with Crippen LogP contribution in [0.15, 0.2) is 47.2 Å². The van der Waals surface area contributed by atoms with Crippen molar-refractivity contribution in [2.45, 2.75) is 17.1 Å². The lowest BCUT2D eigenvalue weighted by Gasteiger charge is -2.06. The SMILES string of the molecule is CCNc1nc(Sc2ccncn2)nc(-n2cccn2)n1. The van der Waals surface area contributed by atoms with Crippen LogP contribution in [-0.4, -0.2) is 41.2 Å². The largest absolute Gasteiger partial charge is 0.354 e. The molecule has 106 valence electrons. The second kappa shape index (κ2) is 6.27. The molecule has 0 bridgehead atoms. The summed E-state index contributed by atoms with van der Waals surface area (Å²) in [6, 6.07) is 3.61. The van der Waals surface area contributed by atoms with Crippen molar-refractivity contribution >= 4 is 17.7 Å². The Bertz CT molecular complexity index is 701. The van der Waals surface area contributed by atoms with E-state index >= 15 is 0 Å². The van der Waals surface area contributed by atoms with E-state index in [0.29, 0.717) is 17.1 Å². The molecule has 0 saturated heterocycles. The van der Waals surface area contributed by atoms with Gasteiger partial charge in [-0.15, -0.1) is 0 Å². The third-order valence-corrected chi connectivity index (χ3v) is 3.21. The Morgan fingerprint density at radius 3 is 2.90 bits per heavy atom. The molecule has 9 heteroatoms. The van der Waals surface area contributed by atoms with Gasteiger partial charge in [0.1, 0.15) is 11.4 Å².